The summed E-state index contributed by atoms with van der Waals surface area (Å²) >= 11 is 0. The standard InChI is InChI=1S/C9H15N3O2/c1-13-8-4-7(5-8)10-3-2-9-11-6-14-12-9/h6-8,10H,2-5H2,1H3. The summed E-state index contributed by atoms with van der Waals surface area (Å²) in [6.45, 7) is 0.903. The Hall–Kier alpha value is -0.940. The van der Waals surface area contributed by atoms with Crippen LogP contribution < -0.4 is 5.32 Å². The average molecular weight is 197 g/mol. The lowest BCUT2D eigenvalue weighted by molar-refractivity contribution is 0.0176. The zero-order valence-corrected chi connectivity index (χ0v) is 8.27. The Labute approximate surface area is 82.8 Å². The van der Waals surface area contributed by atoms with E-state index >= 15 is 0 Å². The van der Waals surface area contributed by atoms with Gasteiger partial charge in [0, 0.05) is 26.1 Å². The molecule has 0 aliphatic heterocycles. The molecule has 1 N–H and O–H groups in total. The van der Waals surface area contributed by atoms with Crippen molar-refractivity contribution in [1.82, 2.24) is 15.5 Å². The van der Waals surface area contributed by atoms with E-state index in [1.807, 2.05) is 0 Å². The summed E-state index contributed by atoms with van der Waals surface area (Å²) in [7, 11) is 1.76. The van der Waals surface area contributed by atoms with Crippen LogP contribution in [-0.2, 0) is 11.2 Å². The van der Waals surface area contributed by atoms with Crippen LogP contribution in [0.3, 0.4) is 0 Å². The molecule has 0 radical (unpaired) electrons. The predicted molar refractivity (Wildman–Crippen MR) is 49.8 cm³/mol. The second kappa shape index (κ2) is 4.52. The summed E-state index contributed by atoms with van der Waals surface area (Å²) in [5.41, 5.74) is 0. The Balaban J connectivity index is 1.56. The van der Waals surface area contributed by atoms with E-state index in [1.165, 1.54) is 6.39 Å². The highest BCUT2D eigenvalue weighted by atomic mass is 16.5. The Morgan fingerprint density at radius 3 is 3.14 bits per heavy atom. The van der Waals surface area contributed by atoms with Gasteiger partial charge < -0.3 is 14.6 Å². The minimum absolute atomic E-state index is 0.456. The van der Waals surface area contributed by atoms with Gasteiger partial charge in [0.2, 0.25) is 6.39 Å². The molecule has 1 heterocycles. The van der Waals surface area contributed by atoms with Crippen molar-refractivity contribution in [2.45, 2.75) is 31.4 Å². The fourth-order valence-electron chi connectivity index (χ4n) is 1.62. The van der Waals surface area contributed by atoms with Gasteiger partial charge in [0.05, 0.1) is 6.10 Å². The van der Waals surface area contributed by atoms with Gasteiger partial charge in [-0.1, -0.05) is 5.16 Å². The van der Waals surface area contributed by atoms with Gasteiger partial charge in [0.15, 0.2) is 5.82 Å². The van der Waals surface area contributed by atoms with Gasteiger partial charge in [-0.2, -0.15) is 4.98 Å². The molecule has 5 nitrogen and oxygen atoms in total. The highest BCUT2D eigenvalue weighted by Crippen LogP contribution is 2.22. The first kappa shape index (κ1) is 9.61. The second-order valence-electron chi connectivity index (χ2n) is 3.58. The first-order valence-electron chi connectivity index (χ1n) is 4.90. The van der Waals surface area contributed by atoms with Crippen LogP contribution in [0.15, 0.2) is 10.9 Å². The maximum absolute atomic E-state index is 5.19. The van der Waals surface area contributed by atoms with Crippen LogP contribution in [0.4, 0.5) is 0 Å². The van der Waals surface area contributed by atoms with Gasteiger partial charge in [-0.15, -0.1) is 0 Å². The fraction of sp³-hybridized carbons (Fsp3) is 0.778. The molecule has 0 saturated heterocycles. The second-order valence-corrected chi connectivity index (χ2v) is 3.58. The Bertz CT molecular complexity index is 257. The van der Waals surface area contributed by atoms with Gasteiger partial charge in [0.25, 0.3) is 0 Å². The van der Waals surface area contributed by atoms with E-state index in [0.717, 1.165) is 31.6 Å². The van der Waals surface area contributed by atoms with Crippen LogP contribution in [0.1, 0.15) is 18.7 Å². The molecule has 0 unspecified atom stereocenters. The molecular formula is C9H15N3O2. The summed E-state index contributed by atoms with van der Waals surface area (Å²) in [6, 6.07) is 0.604. The van der Waals surface area contributed by atoms with Crippen LogP contribution in [0.5, 0.6) is 0 Å². The minimum Gasteiger partial charge on any atom is -0.381 e. The van der Waals surface area contributed by atoms with Crippen molar-refractivity contribution in [1.29, 1.82) is 0 Å². The van der Waals surface area contributed by atoms with E-state index in [1.54, 1.807) is 7.11 Å². The Morgan fingerprint density at radius 1 is 1.64 bits per heavy atom. The number of hydrogen-bond donors (Lipinski definition) is 1. The molecule has 1 aliphatic carbocycles. The van der Waals surface area contributed by atoms with Gasteiger partial charge in [-0.3, -0.25) is 0 Å². The van der Waals surface area contributed by atoms with Gasteiger partial charge in [-0.05, 0) is 12.8 Å². The molecule has 1 aromatic heterocycles. The van der Waals surface area contributed by atoms with E-state index < -0.39 is 0 Å². The number of nitrogens with zero attached hydrogens (tertiary/aromatic N) is 2. The van der Waals surface area contributed by atoms with Crippen LogP contribution in [0.2, 0.25) is 0 Å². The van der Waals surface area contributed by atoms with E-state index in [0.29, 0.717) is 12.1 Å². The molecule has 1 aliphatic rings. The van der Waals surface area contributed by atoms with Crippen molar-refractivity contribution in [3.63, 3.8) is 0 Å². The largest absolute Gasteiger partial charge is 0.381 e. The molecule has 0 amide bonds. The predicted octanol–water partition coefficient (Wildman–Crippen LogP) is 0.379. The van der Waals surface area contributed by atoms with Crippen molar-refractivity contribution in [3.8, 4) is 0 Å². The van der Waals surface area contributed by atoms with Crippen molar-refractivity contribution < 1.29 is 9.26 Å². The number of aromatic nitrogens is 2. The molecule has 0 spiro atoms. The van der Waals surface area contributed by atoms with E-state index in [4.69, 9.17) is 4.74 Å². The molecule has 1 aromatic rings. The van der Waals surface area contributed by atoms with Crippen molar-refractivity contribution >= 4 is 0 Å². The van der Waals surface area contributed by atoms with E-state index in [2.05, 4.69) is 20.0 Å². The lowest BCUT2D eigenvalue weighted by Gasteiger charge is -2.34. The molecule has 1 saturated carbocycles. The molecule has 5 heteroatoms. The number of rotatable bonds is 5. The first-order chi connectivity index (χ1) is 6.88. The highest BCUT2D eigenvalue weighted by molar-refractivity contribution is 4.87. The Morgan fingerprint density at radius 2 is 2.50 bits per heavy atom. The minimum atomic E-state index is 0.456. The third-order valence-electron chi connectivity index (χ3n) is 2.62. The maximum Gasteiger partial charge on any atom is 0.213 e. The molecular weight excluding hydrogens is 182 g/mol. The number of methoxy groups -OCH3 is 1. The summed E-state index contributed by atoms with van der Waals surface area (Å²) in [5, 5.41) is 7.16. The third kappa shape index (κ3) is 2.30. The number of ether oxygens (including phenoxy) is 1. The van der Waals surface area contributed by atoms with Crippen LogP contribution in [0, 0.1) is 0 Å². The Kier molecular flexibility index (Phi) is 3.10. The summed E-state index contributed by atoms with van der Waals surface area (Å²) in [5.74, 6) is 0.764. The zero-order valence-electron chi connectivity index (χ0n) is 8.27. The topological polar surface area (TPSA) is 60.2 Å². The van der Waals surface area contributed by atoms with Crippen LogP contribution >= 0.6 is 0 Å². The highest BCUT2D eigenvalue weighted by Gasteiger charge is 2.28. The molecule has 0 aromatic carbocycles. The average Bonchev–Trinajstić information content (AvgIpc) is 2.61. The summed E-state index contributed by atoms with van der Waals surface area (Å²) in [6.07, 6.45) is 4.87. The van der Waals surface area contributed by atoms with Gasteiger partial charge >= 0.3 is 0 Å². The monoisotopic (exact) mass is 197 g/mol. The van der Waals surface area contributed by atoms with Crippen molar-refractivity contribution in [2.24, 2.45) is 0 Å². The fourth-order valence-corrected chi connectivity index (χ4v) is 1.62. The molecule has 78 valence electrons. The summed E-state index contributed by atoms with van der Waals surface area (Å²) < 4.78 is 9.83. The first-order valence-corrected chi connectivity index (χ1v) is 4.90. The number of hydrogen-bond acceptors (Lipinski definition) is 5. The quantitative estimate of drug-likeness (QED) is 0.739. The van der Waals surface area contributed by atoms with Crippen LogP contribution in [0.25, 0.3) is 0 Å². The molecule has 1 fully saturated rings. The SMILES string of the molecule is COC1CC(NCCc2ncon2)C1. The van der Waals surface area contributed by atoms with Crippen LogP contribution in [-0.4, -0.2) is 35.9 Å². The van der Waals surface area contributed by atoms with E-state index in [9.17, 15) is 0 Å². The van der Waals surface area contributed by atoms with Crippen molar-refractivity contribution in [2.75, 3.05) is 13.7 Å². The van der Waals surface area contributed by atoms with E-state index in [-0.39, 0.29) is 0 Å². The maximum atomic E-state index is 5.19. The molecule has 14 heavy (non-hydrogen) atoms. The number of nitrogens with one attached hydrogen (secondary N) is 1. The molecule has 0 atom stereocenters. The molecule has 2 rings (SSSR count). The third-order valence-corrected chi connectivity index (χ3v) is 2.62. The normalized spacial score (nSPS) is 26.1. The lowest BCUT2D eigenvalue weighted by atomic mass is 9.89. The van der Waals surface area contributed by atoms with Gasteiger partial charge in [0.1, 0.15) is 0 Å². The smallest absolute Gasteiger partial charge is 0.213 e. The summed E-state index contributed by atoms with van der Waals surface area (Å²) in [4.78, 5) is 3.95. The van der Waals surface area contributed by atoms with Gasteiger partial charge in [-0.25, -0.2) is 0 Å². The van der Waals surface area contributed by atoms with Crippen molar-refractivity contribution in [3.05, 3.63) is 12.2 Å². The zero-order chi connectivity index (χ0) is 9.80. The molecule has 0 bridgehead atoms. The lowest BCUT2D eigenvalue weighted by Crippen LogP contribution is -2.45.